The average molecular weight is 257 g/mol. The normalized spacial score (nSPS) is 18.0. The van der Waals surface area contributed by atoms with Gasteiger partial charge in [0.1, 0.15) is 0 Å². The van der Waals surface area contributed by atoms with Gasteiger partial charge in [-0.15, -0.1) is 0 Å². The summed E-state index contributed by atoms with van der Waals surface area (Å²) in [6.45, 7) is 11.2. The van der Waals surface area contributed by atoms with Crippen LogP contribution in [0.1, 0.15) is 52.9 Å². The summed E-state index contributed by atoms with van der Waals surface area (Å²) in [5.41, 5.74) is 0.166. The Morgan fingerprint density at radius 1 is 1.17 bits per heavy atom. The highest BCUT2D eigenvalue weighted by atomic mass is 16.5. The van der Waals surface area contributed by atoms with Crippen LogP contribution in [0.2, 0.25) is 0 Å². The van der Waals surface area contributed by atoms with Gasteiger partial charge in [0, 0.05) is 6.61 Å². The van der Waals surface area contributed by atoms with E-state index in [0.717, 1.165) is 51.7 Å². The van der Waals surface area contributed by atoms with E-state index in [9.17, 15) is 0 Å². The van der Waals surface area contributed by atoms with Crippen molar-refractivity contribution in [2.24, 2.45) is 5.92 Å². The maximum atomic E-state index is 6.05. The van der Waals surface area contributed by atoms with E-state index in [1.807, 2.05) is 0 Å². The summed E-state index contributed by atoms with van der Waals surface area (Å²) < 4.78 is 11.5. The first-order valence-corrected chi connectivity index (χ1v) is 7.61. The highest BCUT2D eigenvalue weighted by molar-refractivity contribution is 4.90. The molecule has 1 saturated carbocycles. The Hall–Kier alpha value is -0.120. The van der Waals surface area contributed by atoms with Crippen LogP contribution >= 0.6 is 0 Å². The molecule has 1 aliphatic rings. The lowest BCUT2D eigenvalue weighted by Crippen LogP contribution is -2.43. The van der Waals surface area contributed by atoms with E-state index in [1.165, 1.54) is 19.3 Å². The number of ether oxygens (including phenoxy) is 2. The van der Waals surface area contributed by atoms with Crippen molar-refractivity contribution in [3.63, 3.8) is 0 Å². The molecule has 0 amide bonds. The monoisotopic (exact) mass is 257 g/mol. The van der Waals surface area contributed by atoms with Crippen LogP contribution in [0.15, 0.2) is 0 Å². The predicted octanol–water partition coefficient (Wildman–Crippen LogP) is 2.99. The second-order valence-electron chi connectivity index (χ2n) is 5.85. The highest BCUT2D eigenvalue weighted by Crippen LogP contribution is 2.38. The first kappa shape index (κ1) is 15.9. The van der Waals surface area contributed by atoms with Gasteiger partial charge in [-0.1, -0.05) is 20.8 Å². The van der Waals surface area contributed by atoms with E-state index in [1.54, 1.807) is 0 Å². The van der Waals surface area contributed by atoms with Crippen LogP contribution in [-0.2, 0) is 9.47 Å². The van der Waals surface area contributed by atoms with Crippen LogP contribution in [0.25, 0.3) is 0 Å². The van der Waals surface area contributed by atoms with Crippen molar-refractivity contribution < 1.29 is 9.47 Å². The Kier molecular flexibility index (Phi) is 7.87. The Balaban J connectivity index is 2.06. The Bertz CT molecular complexity index is 203. The topological polar surface area (TPSA) is 30.5 Å². The molecule has 18 heavy (non-hydrogen) atoms. The minimum absolute atomic E-state index is 0.166. The molecule has 0 unspecified atom stereocenters. The summed E-state index contributed by atoms with van der Waals surface area (Å²) in [6, 6.07) is 0. The Labute approximate surface area is 113 Å². The quantitative estimate of drug-likeness (QED) is 0.577. The van der Waals surface area contributed by atoms with E-state index in [0.29, 0.717) is 0 Å². The van der Waals surface area contributed by atoms with Crippen LogP contribution < -0.4 is 5.32 Å². The number of rotatable bonds is 11. The van der Waals surface area contributed by atoms with Crippen molar-refractivity contribution in [2.45, 2.75) is 58.5 Å². The van der Waals surface area contributed by atoms with Gasteiger partial charge in [0.05, 0.1) is 18.8 Å². The van der Waals surface area contributed by atoms with Gasteiger partial charge in [-0.3, -0.25) is 0 Å². The fourth-order valence-corrected chi connectivity index (χ4v) is 2.31. The maximum absolute atomic E-state index is 6.05. The standard InChI is InChI=1S/C15H31NO2/c1-4-10-17-11-12-18-15(6-5-7-15)8-9-16-13-14(2)3/h14,16H,4-13H2,1-3H3. The molecule has 1 rings (SSSR count). The zero-order valence-electron chi connectivity index (χ0n) is 12.5. The van der Waals surface area contributed by atoms with Crippen LogP contribution in [-0.4, -0.2) is 38.5 Å². The van der Waals surface area contributed by atoms with E-state index in [4.69, 9.17) is 9.47 Å². The molecule has 0 radical (unpaired) electrons. The fourth-order valence-electron chi connectivity index (χ4n) is 2.31. The van der Waals surface area contributed by atoms with Crippen molar-refractivity contribution in [3.05, 3.63) is 0 Å². The molecule has 1 aliphatic carbocycles. The van der Waals surface area contributed by atoms with Crippen molar-refractivity contribution in [1.82, 2.24) is 5.32 Å². The summed E-state index contributed by atoms with van der Waals surface area (Å²) in [5.74, 6) is 0.728. The SMILES string of the molecule is CCCOCCOC1(CCNCC(C)C)CCC1. The van der Waals surface area contributed by atoms with E-state index < -0.39 is 0 Å². The molecule has 3 nitrogen and oxygen atoms in total. The second-order valence-corrected chi connectivity index (χ2v) is 5.85. The highest BCUT2D eigenvalue weighted by Gasteiger charge is 2.37. The molecule has 0 bridgehead atoms. The smallest absolute Gasteiger partial charge is 0.0708 e. The van der Waals surface area contributed by atoms with Crippen LogP contribution in [0.5, 0.6) is 0 Å². The molecule has 0 atom stereocenters. The van der Waals surface area contributed by atoms with Crippen molar-refractivity contribution >= 4 is 0 Å². The minimum atomic E-state index is 0.166. The van der Waals surface area contributed by atoms with Crippen LogP contribution in [0.3, 0.4) is 0 Å². The van der Waals surface area contributed by atoms with Crippen molar-refractivity contribution in [3.8, 4) is 0 Å². The summed E-state index contributed by atoms with van der Waals surface area (Å²) in [5, 5.41) is 3.51. The van der Waals surface area contributed by atoms with Gasteiger partial charge < -0.3 is 14.8 Å². The largest absolute Gasteiger partial charge is 0.379 e. The van der Waals surface area contributed by atoms with Gasteiger partial charge in [-0.25, -0.2) is 0 Å². The first-order valence-electron chi connectivity index (χ1n) is 7.61. The summed E-state index contributed by atoms with van der Waals surface area (Å²) in [7, 11) is 0. The molecular formula is C15H31NO2. The maximum Gasteiger partial charge on any atom is 0.0708 e. The van der Waals surface area contributed by atoms with E-state index >= 15 is 0 Å². The molecule has 0 saturated heterocycles. The van der Waals surface area contributed by atoms with Gasteiger partial charge in [0.25, 0.3) is 0 Å². The average Bonchev–Trinajstić information content (AvgIpc) is 2.29. The molecule has 1 N–H and O–H groups in total. The van der Waals surface area contributed by atoms with Gasteiger partial charge in [0.2, 0.25) is 0 Å². The summed E-state index contributed by atoms with van der Waals surface area (Å²) >= 11 is 0. The molecule has 0 spiro atoms. The van der Waals surface area contributed by atoms with Gasteiger partial charge in [-0.2, -0.15) is 0 Å². The summed E-state index contributed by atoms with van der Waals surface area (Å²) in [6.07, 6.45) is 6.01. The van der Waals surface area contributed by atoms with E-state index in [2.05, 4.69) is 26.1 Å². The summed E-state index contributed by atoms with van der Waals surface area (Å²) in [4.78, 5) is 0. The lowest BCUT2D eigenvalue weighted by molar-refractivity contribution is -0.117. The predicted molar refractivity (Wildman–Crippen MR) is 76.0 cm³/mol. The third kappa shape index (κ3) is 6.17. The molecule has 3 heteroatoms. The third-order valence-electron chi connectivity index (χ3n) is 3.56. The molecule has 108 valence electrons. The zero-order valence-corrected chi connectivity index (χ0v) is 12.5. The Morgan fingerprint density at radius 3 is 2.50 bits per heavy atom. The van der Waals surface area contributed by atoms with Gasteiger partial charge in [-0.05, 0) is 51.1 Å². The molecule has 0 heterocycles. The first-order chi connectivity index (χ1) is 8.68. The minimum Gasteiger partial charge on any atom is -0.379 e. The third-order valence-corrected chi connectivity index (χ3v) is 3.56. The number of hydrogen-bond donors (Lipinski definition) is 1. The van der Waals surface area contributed by atoms with Crippen molar-refractivity contribution in [2.75, 3.05) is 32.9 Å². The Morgan fingerprint density at radius 2 is 1.94 bits per heavy atom. The van der Waals surface area contributed by atoms with Crippen LogP contribution in [0, 0.1) is 5.92 Å². The second kappa shape index (κ2) is 8.89. The number of hydrogen-bond acceptors (Lipinski definition) is 3. The van der Waals surface area contributed by atoms with Crippen molar-refractivity contribution in [1.29, 1.82) is 0 Å². The molecule has 0 aromatic rings. The lowest BCUT2D eigenvalue weighted by Gasteiger charge is -2.42. The molecule has 0 aliphatic heterocycles. The molecular weight excluding hydrogens is 226 g/mol. The molecule has 0 aromatic carbocycles. The van der Waals surface area contributed by atoms with Gasteiger partial charge in [0.15, 0.2) is 0 Å². The fraction of sp³-hybridized carbons (Fsp3) is 1.00. The van der Waals surface area contributed by atoms with Crippen LogP contribution in [0.4, 0.5) is 0 Å². The zero-order chi connectivity index (χ0) is 13.3. The number of nitrogens with one attached hydrogen (secondary N) is 1. The van der Waals surface area contributed by atoms with E-state index in [-0.39, 0.29) is 5.60 Å². The lowest BCUT2D eigenvalue weighted by atomic mass is 9.77. The van der Waals surface area contributed by atoms with Gasteiger partial charge >= 0.3 is 0 Å². The molecule has 1 fully saturated rings. The molecule has 0 aromatic heterocycles.